The zero-order chi connectivity index (χ0) is 14.1. The van der Waals surface area contributed by atoms with Gasteiger partial charge in [0, 0.05) is 36.7 Å². The van der Waals surface area contributed by atoms with Crippen LogP contribution in [0.5, 0.6) is 0 Å². The van der Waals surface area contributed by atoms with E-state index in [0.29, 0.717) is 6.04 Å². The fourth-order valence-electron chi connectivity index (χ4n) is 3.17. The minimum Gasteiger partial charge on any atom is -0.318 e. The number of rotatable bonds is 4. The molecule has 2 aromatic heterocycles. The first kappa shape index (κ1) is 13.5. The molecule has 3 heterocycles. The molecule has 0 bridgehead atoms. The standard InChI is InChI=1S/C15H23N5/c1-11-7-12(2)20-10-13(18-15(20)17-11)9-19-6-4-5-14(19)8-16-3/h7,10,14,16H,4-6,8-9H2,1-3H3. The van der Waals surface area contributed by atoms with Crippen LogP contribution < -0.4 is 5.32 Å². The van der Waals surface area contributed by atoms with Crippen LogP contribution >= 0.6 is 0 Å². The molecule has 1 saturated heterocycles. The summed E-state index contributed by atoms with van der Waals surface area (Å²) in [5.74, 6) is 0.821. The molecule has 1 aliphatic rings. The summed E-state index contributed by atoms with van der Waals surface area (Å²) in [6.07, 6.45) is 4.70. The van der Waals surface area contributed by atoms with E-state index in [9.17, 15) is 0 Å². The lowest BCUT2D eigenvalue weighted by atomic mass is 10.2. The van der Waals surface area contributed by atoms with E-state index in [1.54, 1.807) is 0 Å². The van der Waals surface area contributed by atoms with E-state index in [2.05, 4.69) is 43.8 Å². The third-order valence-electron chi connectivity index (χ3n) is 4.12. The minimum absolute atomic E-state index is 0.639. The van der Waals surface area contributed by atoms with Crippen LogP contribution in [0.2, 0.25) is 0 Å². The maximum Gasteiger partial charge on any atom is 0.234 e. The van der Waals surface area contributed by atoms with E-state index in [0.717, 1.165) is 30.3 Å². The van der Waals surface area contributed by atoms with E-state index in [-0.39, 0.29) is 0 Å². The van der Waals surface area contributed by atoms with Crippen molar-refractivity contribution in [1.29, 1.82) is 0 Å². The fraction of sp³-hybridized carbons (Fsp3) is 0.600. The molecule has 0 aromatic carbocycles. The molecule has 0 aliphatic carbocycles. The van der Waals surface area contributed by atoms with Crippen molar-refractivity contribution >= 4 is 5.78 Å². The Morgan fingerprint density at radius 3 is 3.00 bits per heavy atom. The van der Waals surface area contributed by atoms with Crippen LogP contribution in [0.1, 0.15) is 29.9 Å². The van der Waals surface area contributed by atoms with Crippen LogP contribution in [0.4, 0.5) is 0 Å². The molecular weight excluding hydrogens is 250 g/mol. The molecule has 5 heteroatoms. The highest BCUT2D eigenvalue weighted by Crippen LogP contribution is 2.19. The molecule has 1 aliphatic heterocycles. The zero-order valence-corrected chi connectivity index (χ0v) is 12.6. The Morgan fingerprint density at radius 1 is 1.35 bits per heavy atom. The second-order valence-corrected chi connectivity index (χ2v) is 5.77. The Bertz CT molecular complexity index is 604. The van der Waals surface area contributed by atoms with E-state index in [1.165, 1.54) is 25.1 Å². The number of aryl methyl sites for hydroxylation is 2. The SMILES string of the molecule is CNCC1CCCN1Cc1cn2c(C)cc(C)nc2n1. The number of nitrogens with zero attached hydrogens (tertiary/aromatic N) is 4. The average Bonchev–Trinajstić information content (AvgIpc) is 2.98. The molecule has 1 fully saturated rings. The van der Waals surface area contributed by atoms with Crippen LogP contribution in [0.25, 0.3) is 5.78 Å². The van der Waals surface area contributed by atoms with Crippen molar-refractivity contribution in [1.82, 2.24) is 24.6 Å². The first-order valence-electron chi connectivity index (χ1n) is 7.38. The number of nitrogens with one attached hydrogen (secondary N) is 1. The molecule has 3 rings (SSSR count). The maximum atomic E-state index is 4.68. The summed E-state index contributed by atoms with van der Waals surface area (Å²) in [6, 6.07) is 2.73. The van der Waals surface area contributed by atoms with Gasteiger partial charge in [-0.25, -0.2) is 9.97 Å². The van der Waals surface area contributed by atoms with E-state index < -0.39 is 0 Å². The number of likely N-dealkylation sites (N-methyl/N-ethyl adjacent to an activating group) is 1. The normalized spacial score (nSPS) is 20.1. The first-order valence-corrected chi connectivity index (χ1v) is 7.38. The minimum atomic E-state index is 0.639. The number of imidazole rings is 1. The first-order chi connectivity index (χ1) is 9.67. The molecule has 2 aromatic rings. The van der Waals surface area contributed by atoms with Gasteiger partial charge in [0.2, 0.25) is 5.78 Å². The van der Waals surface area contributed by atoms with Crippen molar-refractivity contribution in [2.75, 3.05) is 20.1 Å². The molecule has 0 amide bonds. The van der Waals surface area contributed by atoms with Gasteiger partial charge in [-0.1, -0.05) is 0 Å². The fourth-order valence-corrected chi connectivity index (χ4v) is 3.17. The molecule has 1 unspecified atom stereocenters. The highest BCUT2D eigenvalue weighted by Gasteiger charge is 2.24. The second kappa shape index (κ2) is 5.50. The molecule has 5 nitrogen and oxygen atoms in total. The summed E-state index contributed by atoms with van der Waals surface area (Å²) in [5.41, 5.74) is 3.34. The summed E-state index contributed by atoms with van der Waals surface area (Å²) in [5, 5.41) is 3.29. The van der Waals surface area contributed by atoms with Gasteiger partial charge in [0.05, 0.1) is 5.69 Å². The Morgan fingerprint density at radius 2 is 2.20 bits per heavy atom. The smallest absolute Gasteiger partial charge is 0.234 e. The van der Waals surface area contributed by atoms with Crippen molar-refractivity contribution in [2.24, 2.45) is 0 Å². The molecule has 20 heavy (non-hydrogen) atoms. The summed E-state index contributed by atoms with van der Waals surface area (Å²) >= 11 is 0. The molecular formula is C15H23N5. The predicted octanol–water partition coefficient (Wildman–Crippen LogP) is 1.53. The van der Waals surface area contributed by atoms with E-state index >= 15 is 0 Å². The Kier molecular flexibility index (Phi) is 3.72. The third kappa shape index (κ3) is 2.55. The summed E-state index contributed by atoms with van der Waals surface area (Å²) in [6.45, 7) is 7.28. The Hall–Kier alpha value is -1.46. The van der Waals surface area contributed by atoms with Crippen LogP contribution in [0.15, 0.2) is 12.3 Å². The molecule has 108 valence electrons. The Labute approximate surface area is 120 Å². The van der Waals surface area contributed by atoms with Gasteiger partial charge in [-0.15, -0.1) is 0 Å². The van der Waals surface area contributed by atoms with Gasteiger partial charge >= 0.3 is 0 Å². The number of fused-ring (bicyclic) bond motifs is 1. The molecule has 0 saturated carbocycles. The van der Waals surface area contributed by atoms with Crippen molar-refractivity contribution in [3.8, 4) is 0 Å². The maximum absolute atomic E-state index is 4.68. The summed E-state index contributed by atoms with van der Waals surface area (Å²) in [4.78, 5) is 11.7. The predicted molar refractivity (Wildman–Crippen MR) is 79.8 cm³/mol. The van der Waals surface area contributed by atoms with Gasteiger partial charge < -0.3 is 5.32 Å². The molecule has 0 radical (unpaired) electrons. The van der Waals surface area contributed by atoms with Gasteiger partial charge in [0.1, 0.15) is 0 Å². The quantitative estimate of drug-likeness (QED) is 0.917. The van der Waals surface area contributed by atoms with Crippen LogP contribution in [-0.2, 0) is 6.54 Å². The Balaban J connectivity index is 1.82. The van der Waals surface area contributed by atoms with Gasteiger partial charge in [-0.3, -0.25) is 9.30 Å². The lowest BCUT2D eigenvalue weighted by Gasteiger charge is -2.23. The zero-order valence-electron chi connectivity index (χ0n) is 12.6. The highest BCUT2D eigenvalue weighted by molar-refractivity contribution is 5.34. The molecule has 1 N–H and O–H groups in total. The summed E-state index contributed by atoms with van der Waals surface area (Å²) < 4.78 is 2.09. The van der Waals surface area contributed by atoms with Crippen LogP contribution in [-0.4, -0.2) is 45.4 Å². The second-order valence-electron chi connectivity index (χ2n) is 5.77. The van der Waals surface area contributed by atoms with Gasteiger partial charge in [0.15, 0.2) is 0 Å². The number of likely N-dealkylation sites (tertiary alicyclic amines) is 1. The van der Waals surface area contributed by atoms with E-state index in [4.69, 9.17) is 0 Å². The van der Waals surface area contributed by atoms with Gasteiger partial charge in [-0.05, 0) is 46.3 Å². The monoisotopic (exact) mass is 273 g/mol. The lowest BCUT2D eigenvalue weighted by molar-refractivity contribution is 0.240. The van der Waals surface area contributed by atoms with Gasteiger partial charge in [-0.2, -0.15) is 0 Å². The molecule has 1 atom stereocenters. The van der Waals surface area contributed by atoms with Crippen LogP contribution in [0.3, 0.4) is 0 Å². The highest BCUT2D eigenvalue weighted by atomic mass is 15.2. The van der Waals surface area contributed by atoms with Crippen molar-refractivity contribution in [3.63, 3.8) is 0 Å². The third-order valence-corrected chi connectivity index (χ3v) is 4.12. The summed E-state index contributed by atoms with van der Waals surface area (Å²) in [7, 11) is 2.03. The van der Waals surface area contributed by atoms with E-state index in [1.807, 2.05) is 14.0 Å². The van der Waals surface area contributed by atoms with Crippen molar-refractivity contribution in [2.45, 2.75) is 39.3 Å². The van der Waals surface area contributed by atoms with Crippen molar-refractivity contribution in [3.05, 3.63) is 29.3 Å². The number of hydrogen-bond acceptors (Lipinski definition) is 4. The molecule has 0 spiro atoms. The topological polar surface area (TPSA) is 45.5 Å². The largest absolute Gasteiger partial charge is 0.318 e. The average molecular weight is 273 g/mol. The van der Waals surface area contributed by atoms with Crippen molar-refractivity contribution < 1.29 is 0 Å². The lowest BCUT2D eigenvalue weighted by Crippen LogP contribution is -2.36. The number of hydrogen-bond donors (Lipinski definition) is 1. The van der Waals surface area contributed by atoms with Crippen LogP contribution in [0, 0.1) is 13.8 Å². The number of aromatic nitrogens is 3. The van der Waals surface area contributed by atoms with Gasteiger partial charge in [0.25, 0.3) is 0 Å².